The van der Waals surface area contributed by atoms with Gasteiger partial charge in [0.25, 0.3) is 0 Å². The second kappa shape index (κ2) is 9.73. The highest BCUT2D eigenvalue weighted by atomic mass is 35.5. The number of aryl methyl sites for hydroxylation is 2. The first-order chi connectivity index (χ1) is 15.5. The first-order valence-corrected chi connectivity index (χ1v) is 11.5. The van der Waals surface area contributed by atoms with Crippen molar-refractivity contribution in [2.24, 2.45) is 0 Å². The fourth-order valence-corrected chi connectivity index (χ4v) is 4.37. The van der Waals surface area contributed by atoms with Crippen molar-refractivity contribution >= 4 is 46.6 Å². The third-order valence-electron chi connectivity index (χ3n) is 4.81. The molecule has 9 heteroatoms. The molecule has 4 aromatic rings. The Morgan fingerprint density at radius 2 is 1.75 bits per heavy atom. The number of hydrogen-bond acceptors (Lipinski definition) is 5. The Kier molecular flexibility index (Phi) is 6.79. The molecule has 0 fully saturated rings. The Morgan fingerprint density at radius 1 is 1.00 bits per heavy atom. The van der Waals surface area contributed by atoms with Crippen molar-refractivity contribution in [1.29, 1.82) is 0 Å². The van der Waals surface area contributed by atoms with E-state index in [1.165, 1.54) is 11.8 Å². The number of aromatic nitrogens is 4. The van der Waals surface area contributed by atoms with Crippen molar-refractivity contribution < 1.29 is 4.79 Å². The van der Waals surface area contributed by atoms with Gasteiger partial charge in [-0.2, -0.15) is 0 Å². The molecule has 2 aromatic heterocycles. The van der Waals surface area contributed by atoms with Gasteiger partial charge in [0.1, 0.15) is 0 Å². The summed E-state index contributed by atoms with van der Waals surface area (Å²) in [5.74, 6) is 0.546. The van der Waals surface area contributed by atoms with Crippen molar-refractivity contribution in [3.8, 4) is 17.1 Å². The number of nitrogens with one attached hydrogen (secondary N) is 1. The summed E-state index contributed by atoms with van der Waals surface area (Å²) in [6.07, 6.45) is 3.42. The Bertz CT molecular complexity index is 1280. The smallest absolute Gasteiger partial charge is 0.234 e. The molecule has 32 heavy (non-hydrogen) atoms. The van der Waals surface area contributed by atoms with Crippen LogP contribution in [0.4, 0.5) is 5.69 Å². The molecular weight excluding hydrogens is 465 g/mol. The number of carbonyl (C=O) groups is 1. The van der Waals surface area contributed by atoms with Gasteiger partial charge < -0.3 is 5.32 Å². The van der Waals surface area contributed by atoms with Gasteiger partial charge in [-0.05, 0) is 49.2 Å². The molecule has 0 saturated heterocycles. The van der Waals surface area contributed by atoms with E-state index in [1.54, 1.807) is 24.5 Å². The van der Waals surface area contributed by atoms with Crippen molar-refractivity contribution in [2.45, 2.75) is 19.0 Å². The monoisotopic (exact) mass is 483 g/mol. The lowest BCUT2D eigenvalue weighted by Gasteiger charge is -2.13. The van der Waals surface area contributed by atoms with Gasteiger partial charge >= 0.3 is 0 Å². The van der Waals surface area contributed by atoms with Crippen LogP contribution < -0.4 is 5.32 Å². The molecule has 0 atom stereocenters. The Labute approximate surface area is 200 Å². The molecule has 0 bridgehead atoms. The molecule has 0 aliphatic rings. The zero-order valence-corrected chi connectivity index (χ0v) is 19.7. The van der Waals surface area contributed by atoms with Crippen molar-refractivity contribution in [3.05, 3.63) is 82.1 Å². The topological polar surface area (TPSA) is 72.7 Å². The molecule has 0 aliphatic carbocycles. The molecule has 2 heterocycles. The molecule has 162 valence electrons. The van der Waals surface area contributed by atoms with E-state index in [9.17, 15) is 4.79 Å². The minimum atomic E-state index is -0.241. The SMILES string of the molecule is Cc1ccccc1-n1c(SCC(=O)Nc2c(Cl)ccc(C)c2Cl)nnc1-c1ccncc1. The third-order valence-corrected chi connectivity index (χ3v) is 6.54. The summed E-state index contributed by atoms with van der Waals surface area (Å²) in [5, 5.41) is 13.0. The van der Waals surface area contributed by atoms with E-state index in [2.05, 4.69) is 20.5 Å². The van der Waals surface area contributed by atoms with E-state index < -0.39 is 0 Å². The minimum Gasteiger partial charge on any atom is -0.323 e. The molecule has 6 nitrogen and oxygen atoms in total. The maximum Gasteiger partial charge on any atom is 0.234 e. The molecule has 0 aliphatic heterocycles. The van der Waals surface area contributed by atoms with Crippen LogP contribution >= 0.6 is 35.0 Å². The van der Waals surface area contributed by atoms with Crippen molar-refractivity contribution in [2.75, 3.05) is 11.1 Å². The number of benzene rings is 2. The summed E-state index contributed by atoms with van der Waals surface area (Å²) in [7, 11) is 0. The van der Waals surface area contributed by atoms with Gasteiger partial charge in [0, 0.05) is 18.0 Å². The first-order valence-electron chi connectivity index (χ1n) is 9.74. The number of anilines is 1. The standard InChI is InChI=1S/C23H19Cl2N5OS/c1-14-5-3-4-6-18(14)30-22(16-9-11-26-12-10-16)28-29-23(30)32-13-19(31)27-21-17(24)8-7-15(2)20(21)25/h3-12H,13H2,1-2H3,(H,27,31). The summed E-state index contributed by atoms with van der Waals surface area (Å²) in [6.45, 7) is 3.88. The van der Waals surface area contributed by atoms with E-state index in [1.807, 2.05) is 54.8 Å². The molecule has 1 N–H and O–H groups in total. The fraction of sp³-hybridized carbons (Fsp3) is 0.130. The zero-order chi connectivity index (χ0) is 22.7. The summed E-state index contributed by atoms with van der Waals surface area (Å²) in [5.41, 5.74) is 4.13. The first kappa shape index (κ1) is 22.3. The largest absolute Gasteiger partial charge is 0.323 e. The summed E-state index contributed by atoms with van der Waals surface area (Å²) >= 11 is 13.8. The molecule has 0 unspecified atom stereocenters. The maximum atomic E-state index is 12.7. The molecule has 2 aromatic carbocycles. The number of hydrogen-bond donors (Lipinski definition) is 1. The Balaban J connectivity index is 1.62. The van der Waals surface area contributed by atoms with E-state index in [0.717, 1.165) is 22.4 Å². The Morgan fingerprint density at radius 3 is 2.50 bits per heavy atom. The summed E-state index contributed by atoms with van der Waals surface area (Å²) in [4.78, 5) is 16.8. The van der Waals surface area contributed by atoms with Gasteiger partial charge in [-0.1, -0.05) is 59.2 Å². The molecule has 4 rings (SSSR count). The van der Waals surface area contributed by atoms with Gasteiger partial charge in [0.05, 0.1) is 27.2 Å². The molecule has 0 radical (unpaired) electrons. The number of nitrogens with zero attached hydrogens (tertiary/aromatic N) is 4. The number of pyridine rings is 1. The fourth-order valence-electron chi connectivity index (χ4n) is 3.16. The highest BCUT2D eigenvalue weighted by Gasteiger charge is 2.19. The number of halogens is 2. The molecule has 0 saturated carbocycles. The second-order valence-corrected chi connectivity index (χ2v) is 8.78. The van der Waals surface area contributed by atoms with Crippen molar-refractivity contribution in [1.82, 2.24) is 19.7 Å². The van der Waals surface area contributed by atoms with Gasteiger partial charge in [-0.25, -0.2) is 0 Å². The highest BCUT2D eigenvalue weighted by molar-refractivity contribution is 7.99. The van der Waals surface area contributed by atoms with E-state index in [4.69, 9.17) is 23.2 Å². The average Bonchev–Trinajstić information content (AvgIpc) is 3.22. The lowest BCUT2D eigenvalue weighted by Crippen LogP contribution is -2.15. The molecule has 0 spiro atoms. The molecule has 1 amide bonds. The van der Waals surface area contributed by atoms with Gasteiger partial charge in [0.2, 0.25) is 5.91 Å². The van der Waals surface area contributed by atoms with E-state index >= 15 is 0 Å². The number of amides is 1. The average molecular weight is 484 g/mol. The lowest BCUT2D eigenvalue weighted by molar-refractivity contribution is -0.113. The number of para-hydroxylation sites is 1. The van der Waals surface area contributed by atoms with Crippen LogP contribution in [0, 0.1) is 13.8 Å². The number of thioether (sulfide) groups is 1. The number of rotatable bonds is 6. The predicted octanol–water partition coefficient (Wildman–Crippen LogP) is 5.98. The van der Waals surface area contributed by atoms with Gasteiger partial charge in [0.15, 0.2) is 11.0 Å². The minimum absolute atomic E-state index is 0.112. The number of carbonyl (C=O) groups excluding carboxylic acids is 1. The molecular formula is C23H19Cl2N5OS. The van der Waals surface area contributed by atoms with Crippen LogP contribution in [0.15, 0.2) is 66.1 Å². The highest BCUT2D eigenvalue weighted by Crippen LogP contribution is 2.33. The van der Waals surface area contributed by atoms with Gasteiger partial charge in [-0.15, -0.1) is 10.2 Å². The van der Waals surface area contributed by atoms with E-state index in [-0.39, 0.29) is 11.7 Å². The van der Waals surface area contributed by atoms with Crippen LogP contribution in [0.3, 0.4) is 0 Å². The van der Waals surface area contributed by atoms with Crippen molar-refractivity contribution in [3.63, 3.8) is 0 Å². The van der Waals surface area contributed by atoms with Crippen LogP contribution in [0.1, 0.15) is 11.1 Å². The van der Waals surface area contributed by atoms with Gasteiger partial charge in [-0.3, -0.25) is 14.3 Å². The summed E-state index contributed by atoms with van der Waals surface area (Å²) in [6, 6.07) is 15.2. The van der Waals surface area contributed by atoms with Crippen LogP contribution in [0.25, 0.3) is 17.1 Å². The Hall–Kier alpha value is -2.87. The summed E-state index contributed by atoms with van der Waals surface area (Å²) < 4.78 is 1.95. The quantitative estimate of drug-likeness (QED) is 0.341. The third kappa shape index (κ3) is 4.65. The van der Waals surface area contributed by atoms with Crippen LogP contribution in [-0.2, 0) is 4.79 Å². The van der Waals surface area contributed by atoms with E-state index in [0.29, 0.717) is 26.7 Å². The second-order valence-electron chi connectivity index (χ2n) is 7.05. The maximum absolute atomic E-state index is 12.7. The van der Waals surface area contributed by atoms with Crippen LogP contribution in [-0.4, -0.2) is 31.4 Å². The predicted molar refractivity (Wildman–Crippen MR) is 130 cm³/mol. The van der Waals surface area contributed by atoms with Crippen LogP contribution in [0.2, 0.25) is 10.0 Å². The zero-order valence-electron chi connectivity index (χ0n) is 17.3. The van der Waals surface area contributed by atoms with Crippen LogP contribution in [0.5, 0.6) is 0 Å². The lowest BCUT2D eigenvalue weighted by atomic mass is 10.2. The normalized spacial score (nSPS) is 10.9.